The summed E-state index contributed by atoms with van der Waals surface area (Å²) in [4.78, 5) is 49.7. The molecule has 0 unspecified atom stereocenters. The molecule has 7 N–H and O–H groups in total. The summed E-state index contributed by atoms with van der Waals surface area (Å²) in [6, 6.07) is -3.00. The van der Waals surface area contributed by atoms with Gasteiger partial charge in [0.15, 0.2) is 0 Å². The number of allylic oxidation sites excluding steroid dienone is 2. The molecule has 1 heterocycles. The molecule has 0 fully saturated rings. The van der Waals surface area contributed by atoms with Gasteiger partial charge in [0.1, 0.15) is 12.1 Å². The third-order valence-corrected chi connectivity index (χ3v) is 5.93. The van der Waals surface area contributed by atoms with Crippen molar-refractivity contribution < 1.29 is 34.5 Å². The molecule has 214 valence electrons. The fourth-order valence-corrected chi connectivity index (χ4v) is 3.72. The Hall–Kier alpha value is -3.02. The van der Waals surface area contributed by atoms with Gasteiger partial charge in [0, 0.05) is 31.2 Å². The molecule has 0 aliphatic carbocycles. The normalized spacial score (nSPS) is 24.4. The zero-order valence-corrected chi connectivity index (χ0v) is 22.6. The summed E-state index contributed by atoms with van der Waals surface area (Å²) in [5.74, 6) is -2.34. The highest BCUT2D eigenvalue weighted by Gasteiger charge is 2.31. The minimum atomic E-state index is -1.35. The van der Waals surface area contributed by atoms with Crippen molar-refractivity contribution in [1.82, 2.24) is 21.3 Å². The van der Waals surface area contributed by atoms with E-state index in [4.69, 9.17) is 0 Å². The molecule has 1 aliphatic heterocycles. The van der Waals surface area contributed by atoms with E-state index in [1.807, 2.05) is 0 Å². The third kappa shape index (κ3) is 14.1. The number of hydrogen-bond acceptors (Lipinski definition) is 7. The maximum Gasteiger partial charge on any atom is 0.245 e. The van der Waals surface area contributed by atoms with Crippen molar-refractivity contribution in [3.8, 4) is 0 Å². The third-order valence-electron chi connectivity index (χ3n) is 5.93. The fourth-order valence-electron chi connectivity index (χ4n) is 3.72. The summed E-state index contributed by atoms with van der Waals surface area (Å²) in [5, 5.41) is 40.6. The summed E-state index contributed by atoms with van der Waals surface area (Å²) in [5.41, 5.74) is 0. The van der Waals surface area contributed by atoms with Crippen molar-refractivity contribution in [2.24, 2.45) is 0 Å². The largest absolute Gasteiger partial charge is 0.393 e. The number of aliphatic hydroxyl groups is 3. The van der Waals surface area contributed by atoms with E-state index in [0.717, 1.165) is 25.7 Å². The average Bonchev–Trinajstić information content (AvgIpc) is 2.84. The maximum atomic E-state index is 12.9. The first-order valence-electron chi connectivity index (χ1n) is 13.3. The number of aliphatic hydroxyl groups excluding tert-OH is 3. The molecule has 0 aromatic rings. The molecule has 0 spiro atoms. The van der Waals surface area contributed by atoms with E-state index in [0.29, 0.717) is 6.42 Å². The SMILES string of the molecule is CCCCC[C@@H](O)C/C=C/C=C/C(=O)N[C@@H](C(=O)N[C@H]1C[C@@H](O)CCNC(=O)/C=C\[C@H](C)NC1=O)[C@@H](C)O. The molecule has 0 aromatic heterocycles. The van der Waals surface area contributed by atoms with Crippen molar-refractivity contribution in [3.63, 3.8) is 0 Å². The fraction of sp³-hybridized carbons (Fsp3) is 0.630. The van der Waals surface area contributed by atoms with E-state index in [1.165, 1.54) is 31.2 Å². The van der Waals surface area contributed by atoms with Crippen LogP contribution in [-0.2, 0) is 19.2 Å². The van der Waals surface area contributed by atoms with Crippen LogP contribution in [0.5, 0.6) is 0 Å². The summed E-state index contributed by atoms with van der Waals surface area (Å²) < 4.78 is 0. The molecule has 0 bridgehead atoms. The number of hydrogen-bond donors (Lipinski definition) is 7. The highest BCUT2D eigenvalue weighted by Crippen LogP contribution is 2.08. The average molecular weight is 537 g/mol. The van der Waals surface area contributed by atoms with Crippen LogP contribution in [0, 0.1) is 0 Å². The van der Waals surface area contributed by atoms with Gasteiger partial charge in [-0.1, -0.05) is 50.5 Å². The second-order valence-electron chi connectivity index (χ2n) is 9.59. The number of carbonyl (C=O) groups excluding carboxylic acids is 4. The lowest BCUT2D eigenvalue weighted by atomic mass is 10.0. The number of unbranched alkanes of at least 4 members (excludes halogenated alkanes) is 2. The van der Waals surface area contributed by atoms with Crippen molar-refractivity contribution >= 4 is 23.6 Å². The molecule has 11 heteroatoms. The molecule has 0 saturated carbocycles. The van der Waals surface area contributed by atoms with Crippen LogP contribution in [0.1, 0.15) is 65.7 Å². The van der Waals surface area contributed by atoms with Gasteiger partial charge in [-0.05, 0) is 33.1 Å². The zero-order valence-electron chi connectivity index (χ0n) is 22.6. The number of rotatable bonds is 12. The monoisotopic (exact) mass is 536 g/mol. The molecule has 1 rings (SSSR count). The van der Waals surface area contributed by atoms with Gasteiger partial charge in [-0.15, -0.1) is 0 Å². The smallest absolute Gasteiger partial charge is 0.245 e. The van der Waals surface area contributed by atoms with Gasteiger partial charge >= 0.3 is 0 Å². The molecular weight excluding hydrogens is 492 g/mol. The Bertz CT molecular complexity index is 856. The lowest BCUT2D eigenvalue weighted by molar-refractivity contribution is -0.134. The molecule has 4 amide bonds. The van der Waals surface area contributed by atoms with Gasteiger partial charge in [0.25, 0.3) is 0 Å². The molecule has 6 atom stereocenters. The van der Waals surface area contributed by atoms with E-state index in [2.05, 4.69) is 28.2 Å². The first-order valence-corrected chi connectivity index (χ1v) is 13.3. The Balaban J connectivity index is 2.75. The summed E-state index contributed by atoms with van der Waals surface area (Å²) >= 11 is 0. The van der Waals surface area contributed by atoms with E-state index in [-0.39, 0.29) is 25.3 Å². The first kappa shape index (κ1) is 33.0. The molecule has 0 aromatic carbocycles. The van der Waals surface area contributed by atoms with Crippen molar-refractivity contribution in [3.05, 3.63) is 36.5 Å². The molecule has 0 radical (unpaired) electrons. The van der Waals surface area contributed by atoms with Crippen LogP contribution in [0.2, 0.25) is 0 Å². The van der Waals surface area contributed by atoms with Gasteiger partial charge in [0.2, 0.25) is 23.6 Å². The Morgan fingerprint density at radius 3 is 2.63 bits per heavy atom. The second-order valence-corrected chi connectivity index (χ2v) is 9.59. The topological polar surface area (TPSA) is 177 Å². The van der Waals surface area contributed by atoms with Crippen molar-refractivity contribution in [1.29, 1.82) is 0 Å². The summed E-state index contributed by atoms with van der Waals surface area (Å²) in [6.45, 7) is 5.26. The van der Waals surface area contributed by atoms with Crippen LogP contribution < -0.4 is 21.3 Å². The maximum absolute atomic E-state index is 12.9. The highest BCUT2D eigenvalue weighted by molar-refractivity contribution is 5.95. The zero-order chi connectivity index (χ0) is 28.5. The minimum absolute atomic E-state index is 0.126. The van der Waals surface area contributed by atoms with Crippen molar-refractivity contribution in [2.45, 2.75) is 102 Å². The summed E-state index contributed by atoms with van der Waals surface area (Å²) in [7, 11) is 0. The number of amides is 4. The van der Waals surface area contributed by atoms with Crippen LogP contribution in [0.15, 0.2) is 36.5 Å². The van der Waals surface area contributed by atoms with Crippen LogP contribution in [-0.4, -0.2) is 81.9 Å². The number of nitrogens with one attached hydrogen (secondary N) is 4. The van der Waals surface area contributed by atoms with E-state index in [1.54, 1.807) is 19.1 Å². The predicted molar refractivity (Wildman–Crippen MR) is 144 cm³/mol. The second kappa shape index (κ2) is 18.3. The van der Waals surface area contributed by atoms with Gasteiger partial charge in [-0.2, -0.15) is 0 Å². The van der Waals surface area contributed by atoms with E-state index in [9.17, 15) is 34.5 Å². The predicted octanol–water partition coefficient (Wildman–Crippen LogP) is 0.112. The Kier molecular flexibility index (Phi) is 15.9. The van der Waals surface area contributed by atoms with Gasteiger partial charge < -0.3 is 36.6 Å². The quantitative estimate of drug-likeness (QED) is 0.105. The Labute approximate surface area is 224 Å². The molecule has 0 saturated heterocycles. The van der Waals surface area contributed by atoms with E-state index >= 15 is 0 Å². The van der Waals surface area contributed by atoms with Crippen LogP contribution in [0.3, 0.4) is 0 Å². The Morgan fingerprint density at radius 1 is 1.21 bits per heavy atom. The lowest BCUT2D eigenvalue weighted by Crippen LogP contribution is -2.58. The first-order chi connectivity index (χ1) is 18.0. The van der Waals surface area contributed by atoms with Crippen LogP contribution in [0.4, 0.5) is 0 Å². The van der Waals surface area contributed by atoms with Crippen LogP contribution >= 0.6 is 0 Å². The lowest BCUT2D eigenvalue weighted by Gasteiger charge is -2.26. The van der Waals surface area contributed by atoms with Crippen LogP contribution in [0.25, 0.3) is 0 Å². The molecule has 1 aliphatic rings. The Morgan fingerprint density at radius 2 is 1.95 bits per heavy atom. The van der Waals surface area contributed by atoms with Crippen molar-refractivity contribution in [2.75, 3.05) is 6.54 Å². The number of carbonyl (C=O) groups is 4. The standard InChI is InChI=1S/C27H44N4O7/c1-4-5-7-10-20(33)11-8-6-9-12-24(36)31-25(19(3)32)27(38)30-22-17-21(34)15-16-28-23(35)14-13-18(2)29-26(22)37/h6,8-9,12-14,18-22,25,32-34H,4-5,7,10-11,15-17H2,1-3H3,(H,28,35)(H,29,37)(H,30,38)(H,31,36)/b8-6+,12-9+,14-13-/t18-,19+,20+,21-,22-,25+/m0/s1. The highest BCUT2D eigenvalue weighted by atomic mass is 16.3. The molecular formula is C27H44N4O7. The summed E-state index contributed by atoms with van der Waals surface area (Å²) in [6.07, 6.45) is 10.4. The molecule has 11 nitrogen and oxygen atoms in total. The molecule has 38 heavy (non-hydrogen) atoms. The van der Waals surface area contributed by atoms with Gasteiger partial charge in [-0.25, -0.2) is 0 Å². The minimum Gasteiger partial charge on any atom is -0.393 e. The van der Waals surface area contributed by atoms with Gasteiger partial charge in [-0.3, -0.25) is 19.2 Å². The van der Waals surface area contributed by atoms with E-state index < -0.39 is 54.2 Å². The van der Waals surface area contributed by atoms with Gasteiger partial charge in [0.05, 0.1) is 18.3 Å².